The molecule has 0 spiro atoms. The highest BCUT2D eigenvalue weighted by atomic mass is 79.9. The summed E-state index contributed by atoms with van der Waals surface area (Å²) in [4.78, 5) is 0. The van der Waals surface area contributed by atoms with Gasteiger partial charge in [-0.3, -0.25) is 0 Å². The van der Waals surface area contributed by atoms with Crippen molar-refractivity contribution in [2.24, 2.45) is 0 Å². The fraction of sp³-hybridized carbons (Fsp3) is 1.00. The first-order chi connectivity index (χ1) is 7.71. The summed E-state index contributed by atoms with van der Waals surface area (Å²) >= 11 is 3.83. The van der Waals surface area contributed by atoms with Crippen molar-refractivity contribution < 1.29 is 4.43 Å². The summed E-state index contributed by atoms with van der Waals surface area (Å²) in [5.74, 6) is 0. The Morgan fingerprint density at radius 2 is 1.24 bits per heavy atom. The molecule has 0 amide bonds. The number of unbranched alkanes of at least 4 members (excludes halogenated alkanes) is 5. The predicted molar refractivity (Wildman–Crippen MR) is 88.2 cm³/mol. The van der Waals surface area contributed by atoms with Crippen molar-refractivity contribution in [1.29, 1.82) is 0 Å². The molecule has 0 saturated carbocycles. The first-order valence-corrected chi connectivity index (χ1v) is 15.9. The summed E-state index contributed by atoms with van der Waals surface area (Å²) in [6.07, 6.45) is 8.22. The molecule has 0 aliphatic heterocycles. The van der Waals surface area contributed by atoms with Gasteiger partial charge in [0.05, 0.1) is 0 Å². The monoisotopic (exact) mass is 338 g/mol. The largest absolute Gasteiger partial charge is 0.418 e. The van der Waals surface area contributed by atoms with E-state index in [0.29, 0.717) is 0 Å². The first kappa shape index (κ1) is 17.9. The predicted octanol–water partition coefficient (Wildman–Crippen LogP) is 5.78. The van der Waals surface area contributed by atoms with E-state index in [2.05, 4.69) is 48.0 Å². The minimum absolute atomic E-state index is 0.962. The molecule has 0 N–H and O–H groups in total. The van der Waals surface area contributed by atoms with Crippen LogP contribution in [0, 0.1) is 0 Å². The van der Waals surface area contributed by atoms with E-state index in [1.165, 1.54) is 44.6 Å². The van der Waals surface area contributed by atoms with Crippen molar-refractivity contribution >= 4 is 30.3 Å². The van der Waals surface area contributed by atoms with Gasteiger partial charge in [0, 0.05) is 6.61 Å². The topological polar surface area (TPSA) is 9.23 Å². The molecule has 104 valence electrons. The Bertz CT molecular complexity index is 165. The Labute approximate surface area is 118 Å². The van der Waals surface area contributed by atoms with Crippen LogP contribution in [0.2, 0.25) is 38.8 Å². The van der Waals surface area contributed by atoms with Crippen LogP contribution in [0.1, 0.15) is 38.5 Å². The maximum absolute atomic E-state index is 5.84. The van der Waals surface area contributed by atoms with Gasteiger partial charge >= 0.3 is 0 Å². The summed E-state index contributed by atoms with van der Waals surface area (Å²) in [5.41, 5.74) is 0. The zero-order valence-electron chi connectivity index (χ0n) is 12.4. The molecule has 0 unspecified atom stereocenters. The second-order valence-corrected chi connectivity index (χ2v) is 21.4. The molecule has 17 heavy (non-hydrogen) atoms. The van der Waals surface area contributed by atoms with Crippen LogP contribution in [0.4, 0.5) is 0 Å². The fourth-order valence-corrected chi connectivity index (χ4v) is 4.42. The van der Waals surface area contributed by atoms with Gasteiger partial charge in [-0.1, -0.05) is 45.2 Å². The lowest BCUT2D eigenvalue weighted by Crippen LogP contribution is -2.25. The van der Waals surface area contributed by atoms with E-state index in [1.807, 2.05) is 0 Å². The van der Waals surface area contributed by atoms with E-state index in [1.54, 1.807) is 0 Å². The zero-order chi connectivity index (χ0) is 13.4. The van der Waals surface area contributed by atoms with Gasteiger partial charge in [0.25, 0.3) is 0 Å². The van der Waals surface area contributed by atoms with E-state index in [9.17, 15) is 0 Å². The minimum atomic E-state index is -1.26. The third-order valence-electron chi connectivity index (χ3n) is 2.70. The smallest absolute Gasteiger partial charge is 0.183 e. The fourth-order valence-electron chi connectivity index (χ4n) is 1.73. The summed E-state index contributed by atoms with van der Waals surface area (Å²) in [5, 5.41) is 0. The summed E-state index contributed by atoms with van der Waals surface area (Å²) < 4.78 is 5.84. The molecular weight excluding hydrogens is 308 g/mol. The molecule has 4 heteroatoms. The minimum Gasteiger partial charge on any atom is -0.418 e. The molecule has 0 heterocycles. The third kappa shape index (κ3) is 16.9. The van der Waals surface area contributed by atoms with E-state index >= 15 is 0 Å². The molecule has 0 aromatic carbocycles. The van der Waals surface area contributed by atoms with Crippen molar-refractivity contribution in [2.75, 3.05) is 6.61 Å². The maximum Gasteiger partial charge on any atom is 0.183 e. The number of halogens is 1. The standard InChI is InChI=1S/C13H31BrOSi2/c1-16(2,3)15-12-10-8-6-7-9-11-13-17(4,5)14/h6-13H2,1-5H3. The van der Waals surface area contributed by atoms with Crippen LogP contribution in [0.3, 0.4) is 0 Å². The molecule has 0 atom stereocenters. The highest BCUT2D eigenvalue weighted by molar-refractivity contribution is 9.26. The Morgan fingerprint density at radius 3 is 1.71 bits per heavy atom. The van der Waals surface area contributed by atoms with Crippen molar-refractivity contribution in [1.82, 2.24) is 0 Å². The molecule has 0 rings (SSSR count). The highest BCUT2D eigenvalue weighted by Gasteiger charge is 2.14. The Hall–Kier alpha value is 0.874. The van der Waals surface area contributed by atoms with Crippen molar-refractivity contribution in [3.63, 3.8) is 0 Å². The molecule has 0 aliphatic carbocycles. The molecule has 0 bridgehead atoms. The van der Waals surface area contributed by atoms with Gasteiger partial charge in [-0.2, -0.15) is 0 Å². The lowest BCUT2D eigenvalue weighted by molar-refractivity contribution is 0.298. The Balaban J connectivity index is 3.15. The van der Waals surface area contributed by atoms with Gasteiger partial charge in [0.1, 0.15) is 6.69 Å². The highest BCUT2D eigenvalue weighted by Crippen LogP contribution is 2.21. The van der Waals surface area contributed by atoms with Gasteiger partial charge in [-0.25, -0.2) is 0 Å². The number of hydrogen-bond acceptors (Lipinski definition) is 1. The first-order valence-electron chi connectivity index (χ1n) is 7.04. The lowest BCUT2D eigenvalue weighted by atomic mass is 10.1. The second kappa shape index (κ2) is 8.89. The molecule has 1 nitrogen and oxygen atoms in total. The van der Waals surface area contributed by atoms with Crippen LogP contribution in [-0.4, -0.2) is 21.6 Å². The SMILES string of the molecule is C[Si](C)(Br)CCCCCCCCO[Si](C)(C)C. The average Bonchev–Trinajstić information content (AvgIpc) is 2.11. The van der Waals surface area contributed by atoms with Gasteiger partial charge < -0.3 is 4.43 Å². The van der Waals surface area contributed by atoms with Crippen LogP contribution < -0.4 is 0 Å². The van der Waals surface area contributed by atoms with Crippen LogP contribution in [0.5, 0.6) is 0 Å². The van der Waals surface area contributed by atoms with Crippen LogP contribution in [-0.2, 0) is 4.43 Å². The molecule has 0 saturated heterocycles. The number of rotatable bonds is 10. The Kier molecular flexibility index (Phi) is 9.34. The quantitative estimate of drug-likeness (QED) is 0.278. The van der Waals surface area contributed by atoms with Gasteiger partial charge in [-0.15, -0.1) is 15.3 Å². The molecule has 0 aromatic heterocycles. The summed E-state index contributed by atoms with van der Waals surface area (Å²) in [6.45, 7) is 11.6. The summed E-state index contributed by atoms with van der Waals surface area (Å²) in [6, 6.07) is 1.42. The normalized spacial score (nSPS) is 13.1. The average molecular weight is 339 g/mol. The van der Waals surface area contributed by atoms with Gasteiger partial charge in [0.2, 0.25) is 0 Å². The zero-order valence-corrected chi connectivity index (χ0v) is 16.0. The van der Waals surface area contributed by atoms with E-state index in [-0.39, 0.29) is 0 Å². The molecule has 0 aliphatic rings. The van der Waals surface area contributed by atoms with Crippen LogP contribution in [0.15, 0.2) is 0 Å². The maximum atomic E-state index is 5.84. The van der Waals surface area contributed by atoms with E-state index < -0.39 is 15.0 Å². The van der Waals surface area contributed by atoms with Gasteiger partial charge in [0.15, 0.2) is 8.32 Å². The lowest BCUT2D eigenvalue weighted by Gasteiger charge is -2.16. The van der Waals surface area contributed by atoms with Gasteiger partial charge in [-0.05, 0) is 32.1 Å². The third-order valence-corrected chi connectivity index (χ3v) is 6.50. The van der Waals surface area contributed by atoms with Crippen molar-refractivity contribution in [3.8, 4) is 0 Å². The van der Waals surface area contributed by atoms with Crippen LogP contribution in [0.25, 0.3) is 0 Å². The Morgan fingerprint density at radius 1 is 0.765 bits per heavy atom. The number of hydrogen-bond donors (Lipinski definition) is 0. The van der Waals surface area contributed by atoms with Crippen molar-refractivity contribution in [2.45, 2.75) is 77.3 Å². The molecule has 0 radical (unpaired) electrons. The van der Waals surface area contributed by atoms with Crippen LogP contribution >= 0.6 is 15.3 Å². The van der Waals surface area contributed by atoms with E-state index in [4.69, 9.17) is 4.43 Å². The van der Waals surface area contributed by atoms with E-state index in [0.717, 1.165) is 6.61 Å². The summed E-state index contributed by atoms with van der Waals surface area (Å²) in [7, 11) is -1.26. The molecular formula is C13H31BrOSi2. The molecule has 0 fully saturated rings. The van der Waals surface area contributed by atoms with Crippen molar-refractivity contribution in [3.05, 3.63) is 0 Å². The second-order valence-electron chi connectivity index (χ2n) is 6.55. The molecule has 0 aromatic rings.